The van der Waals surface area contributed by atoms with Gasteiger partial charge in [-0.3, -0.25) is 4.79 Å². The van der Waals surface area contributed by atoms with E-state index in [2.05, 4.69) is 6.92 Å². The van der Waals surface area contributed by atoms with Crippen LogP contribution in [0.4, 0.5) is 0 Å². The lowest BCUT2D eigenvalue weighted by Crippen LogP contribution is -2.01. The van der Waals surface area contributed by atoms with E-state index in [1.54, 1.807) is 24.3 Å². The summed E-state index contributed by atoms with van der Waals surface area (Å²) in [5.74, 6) is 0.0144. The number of halogens is 1. The minimum Gasteiger partial charge on any atom is -0.289 e. The van der Waals surface area contributed by atoms with Crippen LogP contribution >= 0.6 is 11.6 Å². The van der Waals surface area contributed by atoms with Crippen molar-refractivity contribution < 1.29 is 4.79 Å². The third-order valence-corrected chi connectivity index (χ3v) is 3.08. The highest BCUT2D eigenvalue weighted by Crippen LogP contribution is 2.15. The monoisotopic (exact) mass is 258 g/mol. The summed E-state index contributed by atoms with van der Waals surface area (Å²) in [5.41, 5.74) is 2.60. The van der Waals surface area contributed by atoms with Crippen molar-refractivity contribution in [1.29, 1.82) is 0 Å². The van der Waals surface area contributed by atoms with Gasteiger partial charge in [0.2, 0.25) is 0 Å². The predicted octanol–water partition coefficient (Wildman–Crippen LogP) is 4.52. The van der Waals surface area contributed by atoms with Gasteiger partial charge in [-0.05, 0) is 24.1 Å². The number of rotatable bonds is 4. The van der Waals surface area contributed by atoms with Crippen molar-refractivity contribution in [3.63, 3.8) is 0 Å². The molecule has 0 spiro atoms. The van der Waals surface area contributed by atoms with Crippen molar-refractivity contribution in [2.75, 3.05) is 0 Å². The molecule has 0 saturated carbocycles. The number of ketones is 1. The van der Waals surface area contributed by atoms with Crippen LogP contribution in [-0.2, 0) is 6.42 Å². The van der Waals surface area contributed by atoms with Crippen molar-refractivity contribution in [2.24, 2.45) is 0 Å². The predicted molar refractivity (Wildman–Crippen MR) is 75.3 cm³/mol. The summed E-state index contributed by atoms with van der Waals surface area (Å²) >= 11 is 5.89. The molecular formula is C16H15ClO. The number of aryl methyl sites for hydroxylation is 1. The van der Waals surface area contributed by atoms with Gasteiger partial charge in [0.05, 0.1) is 0 Å². The minimum absolute atomic E-state index is 0.0144. The van der Waals surface area contributed by atoms with Gasteiger partial charge in [-0.1, -0.05) is 61.3 Å². The molecule has 0 aromatic heterocycles. The van der Waals surface area contributed by atoms with E-state index in [-0.39, 0.29) is 5.78 Å². The van der Waals surface area contributed by atoms with Crippen LogP contribution < -0.4 is 0 Å². The highest BCUT2D eigenvalue weighted by atomic mass is 35.5. The zero-order chi connectivity index (χ0) is 13.0. The Morgan fingerprint density at radius 2 is 1.78 bits per heavy atom. The molecule has 92 valence electrons. The van der Waals surface area contributed by atoms with Crippen LogP contribution in [0.15, 0.2) is 48.5 Å². The Hall–Kier alpha value is -1.60. The van der Waals surface area contributed by atoms with E-state index in [1.165, 1.54) is 5.56 Å². The van der Waals surface area contributed by atoms with Gasteiger partial charge >= 0.3 is 0 Å². The third-order valence-electron chi connectivity index (χ3n) is 2.84. The molecule has 2 aromatic carbocycles. The molecule has 2 aromatic rings. The van der Waals surface area contributed by atoms with Crippen molar-refractivity contribution in [1.82, 2.24) is 0 Å². The lowest BCUT2D eigenvalue weighted by atomic mass is 10.0. The Morgan fingerprint density at radius 3 is 2.39 bits per heavy atom. The molecule has 18 heavy (non-hydrogen) atoms. The van der Waals surface area contributed by atoms with Crippen molar-refractivity contribution >= 4 is 17.4 Å². The SMILES string of the molecule is CCCc1ccc(C(=O)c2cccc(Cl)c2)cc1. The van der Waals surface area contributed by atoms with Gasteiger partial charge in [0.25, 0.3) is 0 Å². The summed E-state index contributed by atoms with van der Waals surface area (Å²) in [7, 11) is 0. The number of hydrogen-bond acceptors (Lipinski definition) is 1. The normalized spacial score (nSPS) is 10.3. The first-order valence-electron chi connectivity index (χ1n) is 6.10. The van der Waals surface area contributed by atoms with Crippen LogP contribution in [0.1, 0.15) is 34.8 Å². The summed E-state index contributed by atoms with van der Waals surface area (Å²) < 4.78 is 0. The van der Waals surface area contributed by atoms with Gasteiger partial charge in [-0.25, -0.2) is 0 Å². The van der Waals surface area contributed by atoms with Crippen LogP contribution in [0.25, 0.3) is 0 Å². The quantitative estimate of drug-likeness (QED) is 0.737. The molecule has 0 aliphatic rings. The maximum absolute atomic E-state index is 12.2. The zero-order valence-electron chi connectivity index (χ0n) is 10.3. The van der Waals surface area contributed by atoms with E-state index in [1.807, 2.05) is 24.3 Å². The molecule has 0 saturated heterocycles. The first kappa shape index (κ1) is 12.8. The summed E-state index contributed by atoms with van der Waals surface area (Å²) in [6.07, 6.45) is 2.16. The van der Waals surface area contributed by atoms with E-state index in [0.29, 0.717) is 16.1 Å². The molecule has 0 radical (unpaired) electrons. The van der Waals surface area contributed by atoms with Gasteiger partial charge in [-0.15, -0.1) is 0 Å². The second kappa shape index (κ2) is 5.83. The Kier molecular flexibility index (Phi) is 4.16. The fourth-order valence-electron chi connectivity index (χ4n) is 1.91. The average molecular weight is 259 g/mol. The molecule has 0 aliphatic carbocycles. The molecule has 0 aliphatic heterocycles. The van der Waals surface area contributed by atoms with E-state index in [4.69, 9.17) is 11.6 Å². The summed E-state index contributed by atoms with van der Waals surface area (Å²) in [6, 6.07) is 14.8. The van der Waals surface area contributed by atoms with Gasteiger partial charge in [0, 0.05) is 16.1 Å². The van der Waals surface area contributed by atoms with E-state index < -0.39 is 0 Å². The second-order valence-electron chi connectivity index (χ2n) is 4.29. The molecule has 0 bridgehead atoms. The molecule has 1 nitrogen and oxygen atoms in total. The third kappa shape index (κ3) is 2.99. The molecule has 0 amide bonds. The maximum atomic E-state index is 12.2. The van der Waals surface area contributed by atoms with E-state index >= 15 is 0 Å². The van der Waals surface area contributed by atoms with Gasteiger partial charge in [-0.2, -0.15) is 0 Å². The van der Waals surface area contributed by atoms with E-state index in [9.17, 15) is 4.79 Å². The zero-order valence-corrected chi connectivity index (χ0v) is 11.1. The Bertz CT molecular complexity index is 543. The highest BCUT2D eigenvalue weighted by Gasteiger charge is 2.08. The molecule has 2 heteroatoms. The summed E-state index contributed by atoms with van der Waals surface area (Å²) in [5, 5.41) is 0.587. The van der Waals surface area contributed by atoms with Crippen LogP contribution in [0.5, 0.6) is 0 Å². The van der Waals surface area contributed by atoms with Gasteiger partial charge in [0.1, 0.15) is 0 Å². The first-order chi connectivity index (χ1) is 8.70. The topological polar surface area (TPSA) is 17.1 Å². The van der Waals surface area contributed by atoms with Crippen LogP contribution in [-0.4, -0.2) is 5.78 Å². The Morgan fingerprint density at radius 1 is 1.06 bits per heavy atom. The minimum atomic E-state index is 0.0144. The van der Waals surface area contributed by atoms with Crippen LogP contribution in [0.2, 0.25) is 5.02 Å². The molecule has 0 unspecified atom stereocenters. The summed E-state index contributed by atoms with van der Waals surface area (Å²) in [4.78, 5) is 12.2. The standard InChI is InChI=1S/C16H15ClO/c1-2-4-12-7-9-13(10-8-12)16(18)14-5-3-6-15(17)11-14/h3,5-11H,2,4H2,1H3. The Labute approximate surface area is 112 Å². The number of benzene rings is 2. The number of carbonyl (C=O) groups excluding carboxylic acids is 1. The van der Waals surface area contributed by atoms with Crippen molar-refractivity contribution in [3.05, 3.63) is 70.2 Å². The fourth-order valence-corrected chi connectivity index (χ4v) is 2.10. The second-order valence-corrected chi connectivity index (χ2v) is 4.72. The smallest absolute Gasteiger partial charge is 0.193 e. The maximum Gasteiger partial charge on any atom is 0.193 e. The van der Waals surface area contributed by atoms with Crippen molar-refractivity contribution in [3.8, 4) is 0 Å². The lowest BCUT2D eigenvalue weighted by Gasteiger charge is -2.03. The molecule has 0 N–H and O–H groups in total. The molecule has 0 fully saturated rings. The van der Waals surface area contributed by atoms with Crippen LogP contribution in [0.3, 0.4) is 0 Å². The highest BCUT2D eigenvalue weighted by molar-refractivity contribution is 6.31. The molecule has 0 atom stereocenters. The average Bonchev–Trinajstić information content (AvgIpc) is 2.39. The van der Waals surface area contributed by atoms with Crippen LogP contribution in [0, 0.1) is 0 Å². The van der Waals surface area contributed by atoms with Gasteiger partial charge < -0.3 is 0 Å². The molecule has 2 rings (SSSR count). The first-order valence-corrected chi connectivity index (χ1v) is 6.47. The van der Waals surface area contributed by atoms with Gasteiger partial charge in [0.15, 0.2) is 5.78 Å². The largest absolute Gasteiger partial charge is 0.289 e. The molecule has 0 heterocycles. The van der Waals surface area contributed by atoms with Crippen molar-refractivity contribution in [2.45, 2.75) is 19.8 Å². The van der Waals surface area contributed by atoms with E-state index in [0.717, 1.165) is 12.8 Å². The lowest BCUT2D eigenvalue weighted by molar-refractivity contribution is 0.103. The number of carbonyl (C=O) groups is 1. The number of hydrogen-bond donors (Lipinski definition) is 0. The molecular weight excluding hydrogens is 244 g/mol. The summed E-state index contributed by atoms with van der Waals surface area (Å²) in [6.45, 7) is 2.14. The Balaban J connectivity index is 2.23. The fraction of sp³-hybridized carbons (Fsp3) is 0.188.